The van der Waals surface area contributed by atoms with Crippen molar-refractivity contribution in [2.75, 3.05) is 25.2 Å². The zero-order valence-corrected chi connectivity index (χ0v) is 12.7. The Kier molecular flexibility index (Phi) is 6.89. The Labute approximate surface area is 117 Å². The van der Waals surface area contributed by atoms with E-state index in [2.05, 4.69) is 49.9 Å². The predicted octanol–water partition coefficient (Wildman–Crippen LogP) is 2.83. The van der Waals surface area contributed by atoms with Gasteiger partial charge >= 0.3 is 0 Å². The second kappa shape index (κ2) is 8.18. The highest BCUT2D eigenvalue weighted by atomic mass is 16.5. The molecule has 0 saturated heterocycles. The first kappa shape index (κ1) is 16.0. The molecule has 1 aromatic rings. The van der Waals surface area contributed by atoms with Gasteiger partial charge in [0.2, 0.25) is 0 Å². The van der Waals surface area contributed by atoms with Gasteiger partial charge in [-0.2, -0.15) is 0 Å². The standard InChI is InChI=1S/C16H28N2O/c1-5-15(17)12-14-6-8-16(9-7-14)18(13(2)3)10-11-19-4/h6-9,13,15H,5,10-12,17H2,1-4H3. The number of methoxy groups -OCH3 is 1. The monoisotopic (exact) mass is 264 g/mol. The van der Waals surface area contributed by atoms with Crippen LogP contribution < -0.4 is 10.6 Å². The molecule has 1 unspecified atom stereocenters. The van der Waals surface area contributed by atoms with Crippen LogP contribution in [-0.4, -0.2) is 32.3 Å². The Morgan fingerprint density at radius 1 is 1.21 bits per heavy atom. The summed E-state index contributed by atoms with van der Waals surface area (Å²) in [5, 5.41) is 0. The average molecular weight is 264 g/mol. The number of hydrogen-bond acceptors (Lipinski definition) is 3. The molecule has 3 heteroatoms. The van der Waals surface area contributed by atoms with E-state index in [0.29, 0.717) is 6.04 Å². The number of rotatable bonds is 8. The van der Waals surface area contributed by atoms with Crippen molar-refractivity contribution >= 4 is 5.69 Å². The van der Waals surface area contributed by atoms with Crippen molar-refractivity contribution in [2.45, 2.75) is 45.7 Å². The normalized spacial score (nSPS) is 12.7. The molecule has 2 N–H and O–H groups in total. The Morgan fingerprint density at radius 3 is 2.32 bits per heavy atom. The summed E-state index contributed by atoms with van der Waals surface area (Å²) in [5.74, 6) is 0. The fourth-order valence-corrected chi connectivity index (χ4v) is 2.15. The number of benzene rings is 1. The molecule has 0 aliphatic heterocycles. The third-order valence-corrected chi connectivity index (χ3v) is 3.45. The summed E-state index contributed by atoms with van der Waals surface area (Å²) in [4.78, 5) is 2.35. The van der Waals surface area contributed by atoms with Crippen molar-refractivity contribution in [3.8, 4) is 0 Å². The third kappa shape index (κ3) is 5.21. The number of ether oxygens (including phenoxy) is 1. The van der Waals surface area contributed by atoms with Crippen molar-refractivity contribution in [3.63, 3.8) is 0 Å². The Balaban J connectivity index is 2.71. The molecule has 3 nitrogen and oxygen atoms in total. The Bertz CT molecular complexity index is 348. The lowest BCUT2D eigenvalue weighted by Crippen LogP contribution is -2.33. The van der Waals surface area contributed by atoms with Gasteiger partial charge in [0, 0.05) is 31.4 Å². The van der Waals surface area contributed by atoms with E-state index < -0.39 is 0 Å². The molecule has 1 rings (SSSR count). The molecule has 0 amide bonds. The van der Waals surface area contributed by atoms with Gasteiger partial charge in [0.25, 0.3) is 0 Å². The van der Waals surface area contributed by atoms with Crippen molar-refractivity contribution in [2.24, 2.45) is 5.73 Å². The summed E-state index contributed by atoms with van der Waals surface area (Å²) in [5.41, 5.74) is 8.55. The van der Waals surface area contributed by atoms with Gasteiger partial charge in [-0.25, -0.2) is 0 Å². The first-order chi connectivity index (χ1) is 9.08. The van der Waals surface area contributed by atoms with E-state index in [9.17, 15) is 0 Å². The van der Waals surface area contributed by atoms with Gasteiger partial charge in [-0.15, -0.1) is 0 Å². The van der Waals surface area contributed by atoms with Crippen LogP contribution in [0.4, 0.5) is 5.69 Å². The number of nitrogens with zero attached hydrogens (tertiary/aromatic N) is 1. The maximum atomic E-state index is 5.99. The van der Waals surface area contributed by atoms with E-state index in [1.165, 1.54) is 11.3 Å². The van der Waals surface area contributed by atoms with Gasteiger partial charge in [-0.1, -0.05) is 19.1 Å². The largest absolute Gasteiger partial charge is 0.383 e. The van der Waals surface area contributed by atoms with Crippen molar-refractivity contribution in [3.05, 3.63) is 29.8 Å². The lowest BCUT2D eigenvalue weighted by atomic mass is 10.0. The smallest absolute Gasteiger partial charge is 0.0637 e. The van der Waals surface area contributed by atoms with Crippen LogP contribution in [0, 0.1) is 0 Å². The summed E-state index contributed by atoms with van der Waals surface area (Å²) >= 11 is 0. The highest BCUT2D eigenvalue weighted by molar-refractivity contribution is 5.48. The molecular weight excluding hydrogens is 236 g/mol. The Morgan fingerprint density at radius 2 is 1.84 bits per heavy atom. The minimum Gasteiger partial charge on any atom is -0.383 e. The van der Waals surface area contributed by atoms with E-state index in [0.717, 1.165) is 26.0 Å². The van der Waals surface area contributed by atoms with Crippen LogP contribution in [0.25, 0.3) is 0 Å². The van der Waals surface area contributed by atoms with Gasteiger partial charge in [0.1, 0.15) is 0 Å². The summed E-state index contributed by atoms with van der Waals surface area (Å²) in [6.45, 7) is 8.21. The summed E-state index contributed by atoms with van der Waals surface area (Å²) in [6, 6.07) is 9.49. The molecule has 0 fully saturated rings. The fourth-order valence-electron chi connectivity index (χ4n) is 2.15. The molecule has 0 aromatic heterocycles. The lowest BCUT2D eigenvalue weighted by molar-refractivity contribution is 0.204. The average Bonchev–Trinajstić information content (AvgIpc) is 2.40. The highest BCUT2D eigenvalue weighted by Crippen LogP contribution is 2.18. The molecule has 0 spiro atoms. The molecule has 1 aromatic carbocycles. The van der Waals surface area contributed by atoms with Crippen LogP contribution >= 0.6 is 0 Å². The van der Waals surface area contributed by atoms with Gasteiger partial charge in [-0.05, 0) is 44.4 Å². The van der Waals surface area contributed by atoms with E-state index in [1.807, 2.05) is 0 Å². The van der Waals surface area contributed by atoms with Gasteiger partial charge in [-0.3, -0.25) is 0 Å². The quantitative estimate of drug-likeness (QED) is 0.784. The minimum atomic E-state index is 0.264. The van der Waals surface area contributed by atoms with E-state index in [4.69, 9.17) is 10.5 Å². The highest BCUT2D eigenvalue weighted by Gasteiger charge is 2.10. The summed E-state index contributed by atoms with van der Waals surface area (Å²) < 4.78 is 5.18. The van der Waals surface area contributed by atoms with E-state index in [1.54, 1.807) is 7.11 Å². The van der Waals surface area contributed by atoms with Crippen LogP contribution in [0.1, 0.15) is 32.8 Å². The summed E-state index contributed by atoms with van der Waals surface area (Å²) in [7, 11) is 1.74. The maximum absolute atomic E-state index is 5.99. The third-order valence-electron chi connectivity index (χ3n) is 3.45. The molecule has 0 radical (unpaired) electrons. The molecule has 0 saturated carbocycles. The molecule has 0 aliphatic rings. The molecule has 0 bridgehead atoms. The minimum absolute atomic E-state index is 0.264. The van der Waals surface area contributed by atoms with Gasteiger partial charge in [0.05, 0.1) is 6.61 Å². The second-order valence-electron chi connectivity index (χ2n) is 5.32. The zero-order chi connectivity index (χ0) is 14.3. The molecule has 0 heterocycles. The first-order valence-corrected chi connectivity index (χ1v) is 7.18. The molecule has 1 atom stereocenters. The van der Waals surface area contributed by atoms with Gasteiger partial charge < -0.3 is 15.4 Å². The number of nitrogens with two attached hydrogens (primary N) is 1. The van der Waals surface area contributed by atoms with Crippen LogP contribution in [-0.2, 0) is 11.2 Å². The molecule has 0 aliphatic carbocycles. The topological polar surface area (TPSA) is 38.5 Å². The molecular formula is C16H28N2O. The summed E-state index contributed by atoms with van der Waals surface area (Å²) in [6.07, 6.45) is 1.98. The van der Waals surface area contributed by atoms with Crippen molar-refractivity contribution < 1.29 is 4.74 Å². The molecule has 19 heavy (non-hydrogen) atoms. The number of hydrogen-bond donors (Lipinski definition) is 1. The van der Waals surface area contributed by atoms with Crippen LogP contribution in [0.2, 0.25) is 0 Å². The first-order valence-electron chi connectivity index (χ1n) is 7.18. The van der Waals surface area contributed by atoms with Gasteiger partial charge in [0.15, 0.2) is 0 Å². The van der Waals surface area contributed by atoms with Crippen molar-refractivity contribution in [1.29, 1.82) is 0 Å². The SMILES string of the molecule is CCC(N)Cc1ccc(N(CCOC)C(C)C)cc1. The lowest BCUT2D eigenvalue weighted by Gasteiger charge is -2.29. The van der Waals surface area contributed by atoms with Crippen molar-refractivity contribution in [1.82, 2.24) is 0 Å². The number of anilines is 1. The van der Waals surface area contributed by atoms with Crippen LogP contribution in [0.5, 0.6) is 0 Å². The zero-order valence-electron chi connectivity index (χ0n) is 12.7. The maximum Gasteiger partial charge on any atom is 0.0637 e. The Hall–Kier alpha value is -1.06. The van der Waals surface area contributed by atoms with Crippen LogP contribution in [0.15, 0.2) is 24.3 Å². The predicted molar refractivity (Wildman–Crippen MR) is 82.8 cm³/mol. The van der Waals surface area contributed by atoms with E-state index in [-0.39, 0.29) is 6.04 Å². The van der Waals surface area contributed by atoms with Crippen LogP contribution in [0.3, 0.4) is 0 Å². The molecule has 108 valence electrons. The second-order valence-corrected chi connectivity index (χ2v) is 5.32. The fraction of sp³-hybridized carbons (Fsp3) is 0.625. The van der Waals surface area contributed by atoms with E-state index >= 15 is 0 Å².